The number of anilines is 1. The summed E-state index contributed by atoms with van der Waals surface area (Å²) in [4.78, 5) is 37.2. The standard InChI is InChI=1S/C15H17ClN2O4S/c1-2-22-15(21)11(17)8-23-12-7-13(19)18(14(12)20)10-5-3-9(16)4-6-10/h3-6,11-12H,2,7-8,17H2,1H3/p+1/t11-,12+/m1/s1. The Kier molecular flexibility index (Phi) is 6.04. The van der Waals surface area contributed by atoms with E-state index in [0.29, 0.717) is 23.1 Å². The van der Waals surface area contributed by atoms with Crippen molar-refractivity contribution >= 4 is 46.8 Å². The molecule has 0 radical (unpaired) electrons. The molecule has 1 aliphatic rings. The lowest BCUT2D eigenvalue weighted by molar-refractivity contribution is -0.401. The Morgan fingerprint density at radius 3 is 2.70 bits per heavy atom. The molecule has 1 aliphatic heterocycles. The van der Waals surface area contributed by atoms with E-state index in [1.54, 1.807) is 31.2 Å². The van der Waals surface area contributed by atoms with E-state index in [2.05, 4.69) is 5.73 Å². The third-order valence-corrected chi connectivity index (χ3v) is 4.93. The van der Waals surface area contributed by atoms with Crippen LogP contribution in [0, 0.1) is 0 Å². The molecule has 2 amide bonds. The summed E-state index contributed by atoms with van der Waals surface area (Å²) in [5.41, 5.74) is 4.23. The molecule has 2 rings (SSSR count). The van der Waals surface area contributed by atoms with E-state index in [4.69, 9.17) is 16.3 Å². The Labute approximate surface area is 143 Å². The van der Waals surface area contributed by atoms with Crippen LogP contribution < -0.4 is 10.6 Å². The highest BCUT2D eigenvalue weighted by atomic mass is 35.5. The predicted octanol–water partition coefficient (Wildman–Crippen LogP) is 0.879. The lowest BCUT2D eigenvalue weighted by Gasteiger charge is -2.15. The van der Waals surface area contributed by atoms with Gasteiger partial charge >= 0.3 is 5.97 Å². The van der Waals surface area contributed by atoms with Gasteiger partial charge in [-0.2, -0.15) is 0 Å². The maximum absolute atomic E-state index is 12.4. The Morgan fingerprint density at radius 2 is 2.09 bits per heavy atom. The second kappa shape index (κ2) is 7.81. The third kappa shape index (κ3) is 4.25. The lowest BCUT2D eigenvalue weighted by atomic mass is 10.3. The Hall–Kier alpha value is -1.57. The minimum Gasteiger partial charge on any atom is -0.462 e. The second-order valence-electron chi connectivity index (χ2n) is 5.02. The van der Waals surface area contributed by atoms with Gasteiger partial charge in [0.2, 0.25) is 11.8 Å². The van der Waals surface area contributed by atoms with Crippen LogP contribution in [0.2, 0.25) is 5.02 Å². The predicted molar refractivity (Wildman–Crippen MR) is 88.1 cm³/mol. The van der Waals surface area contributed by atoms with Crippen LogP contribution in [0.15, 0.2) is 24.3 Å². The molecule has 3 N–H and O–H groups in total. The van der Waals surface area contributed by atoms with Crippen molar-refractivity contribution in [3.8, 4) is 0 Å². The maximum atomic E-state index is 12.4. The number of quaternary nitrogens is 1. The first-order valence-corrected chi connectivity index (χ1v) is 8.60. The zero-order valence-corrected chi connectivity index (χ0v) is 14.2. The number of benzene rings is 1. The molecule has 1 fully saturated rings. The Morgan fingerprint density at radius 1 is 1.43 bits per heavy atom. The van der Waals surface area contributed by atoms with Crippen LogP contribution in [0.1, 0.15) is 13.3 Å². The first-order valence-electron chi connectivity index (χ1n) is 7.17. The summed E-state index contributed by atoms with van der Waals surface area (Å²) in [7, 11) is 0. The number of hydrogen-bond donors (Lipinski definition) is 1. The highest BCUT2D eigenvalue weighted by Crippen LogP contribution is 2.30. The summed E-state index contributed by atoms with van der Waals surface area (Å²) in [5, 5.41) is 0.0324. The SMILES string of the molecule is CCOC(=O)[C@H]([NH3+])CS[C@H]1CC(=O)N(c2ccc(Cl)cc2)C1=O. The van der Waals surface area contributed by atoms with Crippen molar-refractivity contribution in [1.82, 2.24) is 0 Å². The first-order chi connectivity index (χ1) is 10.9. The van der Waals surface area contributed by atoms with Crippen LogP contribution in [0.5, 0.6) is 0 Å². The normalized spacial score (nSPS) is 19.1. The van der Waals surface area contributed by atoms with E-state index in [1.165, 1.54) is 11.8 Å². The second-order valence-corrected chi connectivity index (χ2v) is 6.69. The van der Waals surface area contributed by atoms with E-state index in [-0.39, 0.29) is 18.2 Å². The van der Waals surface area contributed by atoms with Gasteiger partial charge in [0.15, 0.2) is 6.04 Å². The molecule has 6 nitrogen and oxygen atoms in total. The number of nitrogens with zero attached hydrogens (tertiary/aromatic N) is 1. The van der Waals surface area contributed by atoms with Gasteiger partial charge in [-0.3, -0.25) is 9.59 Å². The highest BCUT2D eigenvalue weighted by Gasteiger charge is 2.40. The fourth-order valence-electron chi connectivity index (χ4n) is 2.16. The van der Waals surface area contributed by atoms with Crippen molar-refractivity contribution in [3.63, 3.8) is 0 Å². The third-order valence-electron chi connectivity index (χ3n) is 3.31. The van der Waals surface area contributed by atoms with Gasteiger partial charge in [0.25, 0.3) is 0 Å². The van der Waals surface area contributed by atoms with Crippen molar-refractivity contribution in [1.29, 1.82) is 0 Å². The Balaban J connectivity index is 1.98. The molecule has 0 bridgehead atoms. The minimum absolute atomic E-state index is 0.113. The fourth-order valence-corrected chi connectivity index (χ4v) is 3.39. The number of esters is 1. The topological polar surface area (TPSA) is 91.3 Å². The van der Waals surface area contributed by atoms with Gasteiger partial charge in [0.1, 0.15) is 0 Å². The molecule has 0 aliphatic carbocycles. The molecular formula is C15H18ClN2O4S+. The summed E-state index contributed by atoms with van der Waals surface area (Å²) >= 11 is 7.07. The molecule has 0 spiro atoms. The molecular weight excluding hydrogens is 340 g/mol. The molecule has 8 heteroatoms. The van der Waals surface area contributed by atoms with Gasteiger partial charge in [0, 0.05) is 11.4 Å². The smallest absolute Gasteiger partial charge is 0.365 e. The molecule has 124 valence electrons. The van der Waals surface area contributed by atoms with Crippen molar-refractivity contribution in [2.75, 3.05) is 17.3 Å². The number of ether oxygens (including phenoxy) is 1. The number of thioether (sulfide) groups is 1. The molecule has 1 heterocycles. The largest absolute Gasteiger partial charge is 0.462 e. The number of imide groups is 1. The number of rotatable bonds is 6. The Bertz CT molecular complexity index is 608. The van der Waals surface area contributed by atoms with Gasteiger partial charge in [-0.05, 0) is 31.2 Å². The van der Waals surface area contributed by atoms with E-state index < -0.39 is 17.3 Å². The van der Waals surface area contributed by atoms with E-state index in [9.17, 15) is 14.4 Å². The molecule has 2 atom stereocenters. The summed E-state index contributed by atoms with van der Waals surface area (Å²) in [6, 6.07) is 5.96. The molecule has 1 aromatic carbocycles. The number of amides is 2. The molecule has 0 unspecified atom stereocenters. The number of carbonyl (C=O) groups is 3. The molecule has 0 saturated carbocycles. The summed E-state index contributed by atoms with van der Waals surface area (Å²) in [5.74, 6) is -0.604. The average Bonchev–Trinajstić information content (AvgIpc) is 2.80. The van der Waals surface area contributed by atoms with Gasteiger partial charge in [-0.15, -0.1) is 11.8 Å². The van der Waals surface area contributed by atoms with Gasteiger partial charge in [-0.25, -0.2) is 9.69 Å². The molecule has 1 saturated heterocycles. The fraction of sp³-hybridized carbons (Fsp3) is 0.400. The van der Waals surface area contributed by atoms with E-state index in [1.807, 2.05) is 0 Å². The zero-order chi connectivity index (χ0) is 17.0. The van der Waals surface area contributed by atoms with E-state index in [0.717, 1.165) is 4.90 Å². The first kappa shape index (κ1) is 17.8. The zero-order valence-electron chi connectivity index (χ0n) is 12.7. The monoisotopic (exact) mass is 357 g/mol. The van der Waals surface area contributed by atoms with Gasteiger partial charge in [0.05, 0.1) is 23.3 Å². The van der Waals surface area contributed by atoms with E-state index >= 15 is 0 Å². The molecule has 0 aromatic heterocycles. The summed E-state index contributed by atoms with van der Waals surface area (Å²) in [6.07, 6.45) is 0.113. The summed E-state index contributed by atoms with van der Waals surface area (Å²) in [6.45, 7) is 2.02. The number of halogens is 1. The number of carbonyl (C=O) groups excluding carboxylic acids is 3. The van der Waals surface area contributed by atoms with Crippen LogP contribution in [-0.4, -0.2) is 41.4 Å². The van der Waals surface area contributed by atoms with Gasteiger partial charge in [-0.1, -0.05) is 11.6 Å². The minimum atomic E-state index is -0.563. The quantitative estimate of drug-likeness (QED) is 0.602. The van der Waals surface area contributed by atoms with Crippen molar-refractivity contribution in [2.45, 2.75) is 24.6 Å². The van der Waals surface area contributed by atoms with Crippen LogP contribution >= 0.6 is 23.4 Å². The lowest BCUT2D eigenvalue weighted by Crippen LogP contribution is -2.66. The highest BCUT2D eigenvalue weighted by molar-refractivity contribution is 8.00. The van der Waals surface area contributed by atoms with Crippen LogP contribution in [0.25, 0.3) is 0 Å². The summed E-state index contributed by atoms with van der Waals surface area (Å²) < 4.78 is 4.88. The number of hydrogen-bond acceptors (Lipinski definition) is 5. The van der Waals surface area contributed by atoms with Crippen molar-refractivity contribution in [2.24, 2.45) is 0 Å². The van der Waals surface area contributed by atoms with Crippen LogP contribution in [-0.2, 0) is 19.1 Å². The van der Waals surface area contributed by atoms with Crippen molar-refractivity contribution < 1.29 is 24.9 Å². The molecule has 23 heavy (non-hydrogen) atoms. The average molecular weight is 358 g/mol. The molecule has 1 aromatic rings. The van der Waals surface area contributed by atoms with Crippen LogP contribution in [0.4, 0.5) is 5.69 Å². The van der Waals surface area contributed by atoms with Gasteiger partial charge < -0.3 is 10.5 Å². The maximum Gasteiger partial charge on any atom is 0.365 e. The van der Waals surface area contributed by atoms with Crippen molar-refractivity contribution in [3.05, 3.63) is 29.3 Å². The van der Waals surface area contributed by atoms with Crippen LogP contribution in [0.3, 0.4) is 0 Å².